The second-order valence-electron chi connectivity index (χ2n) is 9.52. The van der Waals surface area contributed by atoms with Crippen molar-refractivity contribution < 1.29 is 14.3 Å². The monoisotopic (exact) mass is 503 g/mol. The number of thiazole rings is 1. The van der Waals surface area contributed by atoms with Gasteiger partial charge in [0, 0.05) is 68.3 Å². The summed E-state index contributed by atoms with van der Waals surface area (Å²) in [4.78, 5) is 33.0. The van der Waals surface area contributed by atoms with Crippen molar-refractivity contribution in [3.63, 3.8) is 0 Å². The summed E-state index contributed by atoms with van der Waals surface area (Å²) in [7, 11) is 1.62. The van der Waals surface area contributed by atoms with E-state index in [9.17, 15) is 9.59 Å². The Morgan fingerprint density at radius 1 is 1.03 bits per heavy atom. The Hall–Kier alpha value is -3.27. The molecule has 4 heterocycles. The van der Waals surface area contributed by atoms with Gasteiger partial charge in [-0.15, -0.1) is 0 Å². The number of rotatable bonds is 5. The van der Waals surface area contributed by atoms with Crippen LogP contribution in [0, 0.1) is 0 Å². The van der Waals surface area contributed by atoms with Crippen LogP contribution in [-0.4, -0.2) is 71.5 Å². The Kier molecular flexibility index (Phi) is 6.20. The fraction of sp³-hybridized carbons (Fsp3) is 0.370. The van der Waals surface area contributed by atoms with Gasteiger partial charge in [-0.05, 0) is 49.6 Å². The van der Waals surface area contributed by atoms with Gasteiger partial charge in [-0.3, -0.25) is 18.9 Å². The van der Waals surface area contributed by atoms with E-state index in [1.807, 2.05) is 36.5 Å². The normalized spacial score (nSPS) is 19.2. The van der Waals surface area contributed by atoms with Gasteiger partial charge in [-0.25, -0.2) is 4.98 Å². The third-order valence-electron chi connectivity index (χ3n) is 7.29. The molecule has 2 aromatic heterocycles. The average molecular weight is 504 g/mol. The van der Waals surface area contributed by atoms with Crippen LogP contribution < -0.4 is 10.6 Å². The van der Waals surface area contributed by atoms with Crippen molar-refractivity contribution >= 4 is 38.3 Å². The third kappa shape index (κ3) is 4.38. The first-order valence-corrected chi connectivity index (χ1v) is 13.3. The number of amides is 2. The van der Waals surface area contributed by atoms with Crippen LogP contribution in [0.3, 0.4) is 0 Å². The topological polar surface area (TPSA) is 88.0 Å². The summed E-state index contributed by atoms with van der Waals surface area (Å²) in [6.45, 7) is 3.63. The molecular weight excluding hydrogens is 474 g/mol. The Morgan fingerprint density at radius 3 is 2.58 bits per heavy atom. The van der Waals surface area contributed by atoms with E-state index in [0.717, 1.165) is 72.0 Å². The van der Waals surface area contributed by atoms with Crippen molar-refractivity contribution in [2.45, 2.75) is 31.3 Å². The van der Waals surface area contributed by atoms with Crippen molar-refractivity contribution in [2.24, 2.45) is 0 Å². The molecule has 2 aliphatic rings. The number of carbonyl (C=O) groups excluding carboxylic acids is 2. The zero-order valence-corrected chi connectivity index (χ0v) is 21.0. The van der Waals surface area contributed by atoms with E-state index < -0.39 is 0 Å². The Labute approximate surface area is 213 Å². The van der Waals surface area contributed by atoms with Crippen LogP contribution in [0.25, 0.3) is 26.4 Å². The predicted octanol–water partition coefficient (Wildman–Crippen LogP) is 3.56. The molecule has 8 nitrogen and oxygen atoms in total. The van der Waals surface area contributed by atoms with Crippen LogP contribution in [0.1, 0.15) is 40.0 Å². The summed E-state index contributed by atoms with van der Waals surface area (Å²) in [6, 6.07) is 14.1. The molecule has 1 unspecified atom stereocenters. The number of nitrogens with one attached hydrogen (secondary N) is 2. The second-order valence-corrected chi connectivity index (χ2v) is 10.5. The van der Waals surface area contributed by atoms with Crippen molar-refractivity contribution in [2.75, 3.05) is 33.4 Å². The van der Waals surface area contributed by atoms with Gasteiger partial charge in [0.2, 0.25) is 0 Å². The highest BCUT2D eigenvalue weighted by Gasteiger charge is 2.30. The van der Waals surface area contributed by atoms with Crippen LogP contribution >= 0.6 is 11.3 Å². The number of imidazole rings is 1. The first kappa shape index (κ1) is 23.1. The second kappa shape index (κ2) is 9.65. The molecule has 0 radical (unpaired) electrons. The lowest BCUT2D eigenvalue weighted by Crippen LogP contribution is -2.41. The number of carbonyl (C=O) groups is 2. The lowest BCUT2D eigenvalue weighted by molar-refractivity contribution is 0.0415. The summed E-state index contributed by atoms with van der Waals surface area (Å²) < 4.78 is 8.58. The number of hydrogen-bond donors (Lipinski definition) is 2. The van der Waals surface area contributed by atoms with Crippen molar-refractivity contribution in [3.8, 4) is 11.3 Å². The quantitative estimate of drug-likeness (QED) is 0.435. The maximum absolute atomic E-state index is 13.0. The molecule has 2 aromatic carbocycles. The number of fused-ring (bicyclic) bond motifs is 3. The first-order valence-electron chi connectivity index (χ1n) is 12.5. The highest BCUT2D eigenvalue weighted by Crippen LogP contribution is 2.30. The molecule has 6 rings (SSSR count). The first-order chi connectivity index (χ1) is 17.6. The van der Waals surface area contributed by atoms with Gasteiger partial charge >= 0.3 is 0 Å². The molecule has 2 saturated heterocycles. The van der Waals surface area contributed by atoms with Gasteiger partial charge in [0.15, 0.2) is 4.96 Å². The summed E-state index contributed by atoms with van der Waals surface area (Å²) in [5.41, 5.74) is 4.13. The molecule has 2 aliphatic heterocycles. The van der Waals surface area contributed by atoms with Crippen molar-refractivity contribution in [3.05, 3.63) is 59.8 Å². The molecule has 0 aliphatic carbocycles. The van der Waals surface area contributed by atoms with Gasteiger partial charge in [-0.2, -0.15) is 0 Å². The minimum atomic E-state index is -0.109. The third-order valence-corrected chi connectivity index (χ3v) is 8.31. The molecule has 1 atom stereocenters. The molecule has 4 aromatic rings. The van der Waals surface area contributed by atoms with Crippen LogP contribution in [-0.2, 0) is 4.74 Å². The van der Waals surface area contributed by atoms with Crippen molar-refractivity contribution in [1.29, 1.82) is 0 Å². The molecule has 0 spiro atoms. The number of likely N-dealkylation sites (tertiary alicyclic amines) is 1. The van der Waals surface area contributed by atoms with Gasteiger partial charge in [-0.1, -0.05) is 23.5 Å². The fourth-order valence-electron chi connectivity index (χ4n) is 5.27. The molecule has 36 heavy (non-hydrogen) atoms. The number of ether oxygens (including phenoxy) is 1. The van der Waals surface area contributed by atoms with E-state index in [1.165, 1.54) is 0 Å². The fourth-order valence-corrected chi connectivity index (χ4v) is 6.32. The minimum Gasteiger partial charge on any atom is -0.381 e. The molecule has 2 N–H and O–H groups in total. The zero-order valence-electron chi connectivity index (χ0n) is 20.2. The lowest BCUT2D eigenvalue weighted by Gasteiger charge is -2.31. The number of benzene rings is 2. The largest absolute Gasteiger partial charge is 0.381 e. The molecule has 2 fully saturated rings. The van der Waals surface area contributed by atoms with Gasteiger partial charge in [0.25, 0.3) is 11.8 Å². The van der Waals surface area contributed by atoms with E-state index >= 15 is 0 Å². The summed E-state index contributed by atoms with van der Waals surface area (Å²) >= 11 is 1.57. The highest BCUT2D eigenvalue weighted by molar-refractivity contribution is 7.23. The van der Waals surface area contributed by atoms with E-state index in [2.05, 4.69) is 19.9 Å². The summed E-state index contributed by atoms with van der Waals surface area (Å²) in [5, 5.41) is 5.88. The smallest absolute Gasteiger partial charge is 0.251 e. The maximum Gasteiger partial charge on any atom is 0.251 e. The average Bonchev–Trinajstić information content (AvgIpc) is 3.63. The molecule has 0 saturated carbocycles. The molecule has 9 heteroatoms. The summed E-state index contributed by atoms with van der Waals surface area (Å²) in [6.07, 6.45) is 5.17. The number of hydrogen-bond acceptors (Lipinski definition) is 6. The van der Waals surface area contributed by atoms with Gasteiger partial charge < -0.3 is 15.4 Å². The molecule has 186 valence electrons. The van der Waals surface area contributed by atoms with Crippen LogP contribution in [0.15, 0.2) is 48.7 Å². The van der Waals surface area contributed by atoms with Gasteiger partial charge in [0.05, 0.1) is 15.9 Å². The number of nitrogens with zero attached hydrogens (tertiary/aromatic N) is 3. The molecular formula is C27H29N5O3S. The van der Waals surface area contributed by atoms with Gasteiger partial charge in [0.1, 0.15) is 0 Å². The Morgan fingerprint density at radius 2 is 1.81 bits per heavy atom. The Bertz CT molecular complexity index is 1420. The van der Waals surface area contributed by atoms with E-state index in [4.69, 9.17) is 9.72 Å². The van der Waals surface area contributed by atoms with Crippen LogP contribution in [0.4, 0.5) is 0 Å². The predicted molar refractivity (Wildman–Crippen MR) is 141 cm³/mol. The summed E-state index contributed by atoms with van der Waals surface area (Å²) in [5.74, 6) is -0.124. The van der Waals surface area contributed by atoms with Crippen LogP contribution in [0.2, 0.25) is 0 Å². The van der Waals surface area contributed by atoms with E-state index in [-0.39, 0.29) is 17.9 Å². The zero-order chi connectivity index (χ0) is 24.6. The minimum absolute atomic E-state index is 0.0151. The number of aromatic nitrogens is 2. The SMILES string of the molecule is CNC(=O)c1ccc(-c2cn3c(n2)sc2cc(C(=O)NC4CCN(C5CCOCC5)C4)ccc23)cc1. The van der Waals surface area contributed by atoms with E-state index in [1.54, 1.807) is 30.5 Å². The lowest BCUT2D eigenvalue weighted by atomic mass is 10.1. The molecule has 0 bridgehead atoms. The van der Waals surface area contributed by atoms with Crippen LogP contribution in [0.5, 0.6) is 0 Å². The Balaban J connectivity index is 1.16. The highest BCUT2D eigenvalue weighted by atomic mass is 32.1. The van der Waals surface area contributed by atoms with E-state index in [0.29, 0.717) is 17.2 Å². The maximum atomic E-state index is 13.0. The standard InChI is InChI=1S/C27H29N5O3S/c1-28-25(33)18-4-2-17(3-5-18)22-16-32-23-7-6-19(14-24(23)36-27(32)30-22)26(34)29-20-8-11-31(15-20)21-9-12-35-13-10-21/h2-7,14,16,20-21H,8-13,15H2,1H3,(H,28,33)(H,29,34). The molecule has 2 amide bonds. The van der Waals surface area contributed by atoms with Crippen molar-refractivity contribution in [1.82, 2.24) is 24.9 Å².